The van der Waals surface area contributed by atoms with E-state index in [0.717, 1.165) is 12.1 Å². The Kier molecular flexibility index (Phi) is 4.48. The van der Waals surface area contributed by atoms with E-state index in [1.54, 1.807) is 0 Å². The van der Waals surface area contributed by atoms with Crippen LogP contribution in [0, 0.1) is 0 Å². The van der Waals surface area contributed by atoms with Crippen molar-refractivity contribution in [2.45, 2.75) is 25.0 Å². The first-order valence-electron chi connectivity index (χ1n) is 5.26. The first-order valence-corrected chi connectivity index (χ1v) is 6.25. The highest BCUT2D eigenvalue weighted by molar-refractivity contribution is 8.00. The van der Waals surface area contributed by atoms with E-state index in [2.05, 4.69) is 37.1 Å². The predicted octanol–water partition coefficient (Wildman–Crippen LogP) is 1.72. The number of nitrogens with zero attached hydrogens (tertiary/aromatic N) is 1. The maximum absolute atomic E-state index is 5.55. The van der Waals surface area contributed by atoms with Crippen LogP contribution in [-0.4, -0.2) is 41.6 Å². The van der Waals surface area contributed by atoms with Gasteiger partial charge in [0.15, 0.2) is 0 Å². The van der Waals surface area contributed by atoms with E-state index in [0.29, 0.717) is 11.3 Å². The Morgan fingerprint density at radius 3 is 2.86 bits per heavy atom. The van der Waals surface area contributed by atoms with E-state index < -0.39 is 0 Å². The third kappa shape index (κ3) is 4.03. The van der Waals surface area contributed by atoms with Gasteiger partial charge in [0, 0.05) is 30.1 Å². The molecule has 1 aliphatic rings. The summed E-state index contributed by atoms with van der Waals surface area (Å²) in [5.74, 6) is 1.23. The Bertz CT molecular complexity index is 201. The lowest BCUT2D eigenvalue weighted by atomic mass is 10.1. The molecular formula is C11H22N2S. The minimum atomic E-state index is 0.443. The quantitative estimate of drug-likeness (QED) is 0.725. The molecule has 0 atom stereocenters. The lowest BCUT2D eigenvalue weighted by Gasteiger charge is -2.22. The van der Waals surface area contributed by atoms with Crippen molar-refractivity contribution in [3.63, 3.8) is 0 Å². The van der Waals surface area contributed by atoms with Crippen LogP contribution in [0.5, 0.6) is 0 Å². The van der Waals surface area contributed by atoms with E-state index in [4.69, 9.17) is 5.73 Å². The van der Waals surface area contributed by atoms with Gasteiger partial charge in [-0.25, -0.2) is 0 Å². The monoisotopic (exact) mass is 214 g/mol. The molecule has 0 aromatic rings. The molecule has 0 bridgehead atoms. The van der Waals surface area contributed by atoms with Crippen molar-refractivity contribution in [3.8, 4) is 0 Å². The Morgan fingerprint density at radius 2 is 2.21 bits per heavy atom. The van der Waals surface area contributed by atoms with Crippen LogP contribution < -0.4 is 5.73 Å². The molecule has 0 spiro atoms. The Hall–Kier alpha value is 0.0100. The number of thioether (sulfide) groups is 1. The van der Waals surface area contributed by atoms with Gasteiger partial charge in [0.1, 0.15) is 0 Å². The van der Waals surface area contributed by atoms with Crippen LogP contribution >= 0.6 is 11.8 Å². The number of hydrogen-bond acceptors (Lipinski definition) is 3. The lowest BCUT2D eigenvalue weighted by molar-refractivity contribution is 0.306. The third-order valence-electron chi connectivity index (χ3n) is 2.67. The first kappa shape index (κ1) is 12.1. The van der Waals surface area contributed by atoms with Crippen molar-refractivity contribution in [2.75, 3.05) is 31.9 Å². The fourth-order valence-electron chi connectivity index (χ4n) is 1.60. The molecule has 0 saturated carbocycles. The van der Waals surface area contributed by atoms with Crippen molar-refractivity contribution < 1.29 is 0 Å². The van der Waals surface area contributed by atoms with Crippen LogP contribution in [0.4, 0.5) is 0 Å². The Labute approximate surface area is 91.9 Å². The van der Waals surface area contributed by atoms with Gasteiger partial charge in [-0.15, -0.1) is 0 Å². The van der Waals surface area contributed by atoms with Crippen LogP contribution in [0.25, 0.3) is 0 Å². The van der Waals surface area contributed by atoms with Gasteiger partial charge in [-0.2, -0.15) is 11.8 Å². The van der Waals surface area contributed by atoms with Gasteiger partial charge >= 0.3 is 0 Å². The molecule has 0 amide bonds. The Balaban J connectivity index is 2.38. The summed E-state index contributed by atoms with van der Waals surface area (Å²) in [4.78, 5) is 2.47. The summed E-state index contributed by atoms with van der Waals surface area (Å²) < 4.78 is 0.443. The van der Waals surface area contributed by atoms with Gasteiger partial charge in [-0.05, 0) is 18.5 Å². The molecule has 1 saturated heterocycles. The van der Waals surface area contributed by atoms with E-state index >= 15 is 0 Å². The van der Waals surface area contributed by atoms with Crippen LogP contribution in [0.2, 0.25) is 0 Å². The highest BCUT2D eigenvalue weighted by Crippen LogP contribution is 2.30. The molecule has 2 N–H and O–H groups in total. The van der Waals surface area contributed by atoms with Crippen molar-refractivity contribution in [1.82, 2.24) is 4.90 Å². The minimum Gasteiger partial charge on any atom is -0.327 e. The molecule has 1 aliphatic heterocycles. The topological polar surface area (TPSA) is 29.3 Å². The van der Waals surface area contributed by atoms with E-state index in [1.165, 1.54) is 25.3 Å². The summed E-state index contributed by atoms with van der Waals surface area (Å²) in [5.41, 5.74) is 6.70. The molecule has 2 nitrogen and oxygen atoms in total. The standard InChI is InChI=1S/C11H22N2S/c1-10(8-12)9-13-5-4-11(2,3)14-7-6-13/h1,4-9,12H2,2-3H3. The molecule has 14 heavy (non-hydrogen) atoms. The van der Waals surface area contributed by atoms with Gasteiger partial charge < -0.3 is 5.73 Å². The largest absolute Gasteiger partial charge is 0.327 e. The Morgan fingerprint density at radius 1 is 1.50 bits per heavy atom. The molecule has 1 fully saturated rings. The fourth-order valence-corrected chi connectivity index (χ4v) is 2.74. The summed E-state index contributed by atoms with van der Waals surface area (Å²) >= 11 is 2.08. The molecule has 3 heteroatoms. The second-order valence-electron chi connectivity index (χ2n) is 4.59. The number of hydrogen-bond donors (Lipinski definition) is 1. The van der Waals surface area contributed by atoms with Gasteiger partial charge in [0.2, 0.25) is 0 Å². The average molecular weight is 214 g/mol. The SMILES string of the molecule is C=C(CN)CN1CCSC(C)(C)CC1. The van der Waals surface area contributed by atoms with Gasteiger partial charge in [0.25, 0.3) is 0 Å². The number of nitrogens with two attached hydrogens (primary N) is 1. The fraction of sp³-hybridized carbons (Fsp3) is 0.818. The normalized spacial score (nSPS) is 23.1. The second kappa shape index (κ2) is 5.19. The molecule has 0 aromatic carbocycles. The summed E-state index contributed by atoms with van der Waals surface area (Å²) in [7, 11) is 0. The van der Waals surface area contributed by atoms with Gasteiger partial charge in [-0.3, -0.25) is 4.90 Å². The lowest BCUT2D eigenvalue weighted by Crippen LogP contribution is -2.30. The zero-order chi connectivity index (χ0) is 10.6. The van der Waals surface area contributed by atoms with E-state index in [9.17, 15) is 0 Å². The second-order valence-corrected chi connectivity index (χ2v) is 6.39. The zero-order valence-electron chi connectivity index (χ0n) is 9.38. The van der Waals surface area contributed by atoms with Crippen LogP contribution in [0.1, 0.15) is 20.3 Å². The molecule has 1 heterocycles. The summed E-state index contributed by atoms with van der Waals surface area (Å²) in [5, 5.41) is 0. The van der Waals surface area contributed by atoms with Crippen molar-refractivity contribution in [3.05, 3.63) is 12.2 Å². The molecule has 0 unspecified atom stereocenters. The van der Waals surface area contributed by atoms with Crippen LogP contribution in [0.3, 0.4) is 0 Å². The average Bonchev–Trinajstić information content (AvgIpc) is 2.28. The van der Waals surface area contributed by atoms with E-state index in [-0.39, 0.29) is 0 Å². The maximum Gasteiger partial charge on any atom is 0.0203 e. The molecule has 0 aliphatic carbocycles. The van der Waals surface area contributed by atoms with Crippen LogP contribution in [0.15, 0.2) is 12.2 Å². The number of rotatable bonds is 3. The summed E-state index contributed by atoms with van der Waals surface area (Å²) in [6.07, 6.45) is 1.26. The van der Waals surface area contributed by atoms with Crippen molar-refractivity contribution >= 4 is 11.8 Å². The maximum atomic E-state index is 5.55. The van der Waals surface area contributed by atoms with Crippen molar-refractivity contribution in [1.29, 1.82) is 0 Å². The molecule has 0 radical (unpaired) electrons. The smallest absolute Gasteiger partial charge is 0.0203 e. The summed E-state index contributed by atoms with van der Waals surface area (Å²) in [6.45, 7) is 12.6. The van der Waals surface area contributed by atoms with Crippen molar-refractivity contribution in [2.24, 2.45) is 5.73 Å². The minimum absolute atomic E-state index is 0.443. The first-order chi connectivity index (χ1) is 6.53. The summed E-state index contributed by atoms with van der Waals surface area (Å²) in [6, 6.07) is 0. The third-order valence-corrected chi connectivity index (χ3v) is 4.04. The molecule has 1 rings (SSSR count). The molecule has 0 aromatic heterocycles. The molecular weight excluding hydrogens is 192 g/mol. The van der Waals surface area contributed by atoms with Gasteiger partial charge in [0.05, 0.1) is 0 Å². The highest BCUT2D eigenvalue weighted by atomic mass is 32.2. The highest BCUT2D eigenvalue weighted by Gasteiger charge is 2.23. The van der Waals surface area contributed by atoms with Crippen LogP contribution in [-0.2, 0) is 0 Å². The molecule has 82 valence electrons. The van der Waals surface area contributed by atoms with E-state index in [1.807, 2.05) is 0 Å². The van der Waals surface area contributed by atoms with Gasteiger partial charge in [-0.1, -0.05) is 20.4 Å². The predicted molar refractivity (Wildman–Crippen MR) is 65.8 cm³/mol. The zero-order valence-corrected chi connectivity index (χ0v) is 10.2.